The minimum atomic E-state index is -0.218. The molecule has 0 bridgehead atoms. The first-order valence-corrected chi connectivity index (χ1v) is 8.69. The Labute approximate surface area is 153 Å². The highest BCUT2D eigenvalue weighted by Crippen LogP contribution is 2.18. The van der Waals surface area contributed by atoms with Gasteiger partial charge >= 0.3 is 0 Å². The van der Waals surface area contributed by atoms with Crippen molar-refractivity contribution in [3.8, 4) is 5.69 Å². The van der Waals surface area contributed by atoms with Crippen LogP contribution in [0.25, 0.3) is 5.69 Å². The van der Waals surface area contributed by atoms with Crippen molar-refractivity contribution in [1.82, 2.24) is 15.1 Å². The second-order valence-corrected chi connectivity index (χ2v) is 6.33. The number of aryl methyl sites for hydroxylation is 2. The summed E-state index contributed by atoms with van der Waals surface area (Å²) in [5, 5.41) is 16.8. The van der Waals surface area contributed by atoms with Crippen LogP contribution in [-0.4, -0.2) is 27.4 Å². The minimum Gasteiger partial charge on any atom is -0.396 e. The summed E-state index contributed by atoms with van der Waals surface area (Å²) in [7, 11) is 0. The number of hydrogen-bond donors (Lipinski definition) is 2. The fraction of sp³-hybridized carbons (Fsp3) is 0.238. The van der Waals surface area contributed by atoms with Gasteiger partial charge in [0.1, 0.15) is 0 Å². The van der Waals surface area contributed by atoms with E-state index >= 15 is 0 Å². The number of nitrogens with one attached hydrogen (secondary N) is 1. The largest absolute Gasteiger partial charge is 0.396 e. The number of carbonyl (C=O) groups excluding carboxylic acids is 1. The summed E-state index contributed by atoms with van der Waals surface area (Å²) in [6, 6.07) is 18.8. The number of rotatable bonds is 6. The molecule has 1 aromatic heterocycles. The van der Waals surface area contributed by atoms with Crippen molar-refractivity contribution in [2.24, 2.45) is 0 Å². The Bertz CT molecular complexity index is 870. The van der Waals surface area contributed by atoms with Gasteiger partial charge in [0, 0.05) is 17.9 Å². The number of aromatic nitrogens is 2. The molecule has 3 aromatic rings. The molecule has 134 valence electrons. The van der Waals surface area contributed by atoms with E-state index in [1.54, 1.807) is 12.1 Å². The predicted molar refractivity (Wildman–Crippen MR) is 101 cm³/mol. The van der Waals surface area contributed by atoms with Crippen LogP contribution in [0, 0.1) is 13.8 Å². The summed E-state index contributed by atoms with van der Waals surface area (Å²) in [5.41, 5.74) is 4.48. The Morgan fingerprint density at radius 3 is 2.38 bits per heavy atom. The van der Waals surface area contributed by atoms with E-state index < -0.39 is 0 Å². The maximum absolute atomic E-state index is 12.6. The number of aliphatic hydroxyl groups is 1. The van der Waals surface area contributed by atoms with Gasteiger partial charge in [-0.3, -0.25) is 4.79 Å². The average Bonchev–Trinajstić information content (AvgIpc) is 3.00. The maximum Gasteiger partial charge on any atom is 0.251 e. The van der Waals surface area contributed by atoms with E-state index in [1.807, 2.05) is 67.1 Å². The van der Waals surface area contributed by atoms with Gasteiger partial charge in [-0.15, -0.1) is 0 Å². The number of nitrogens with zero attached hydrogens (tertiary/aromatic N) is 2. The standard InChI is InChI=1S/C21H23N3O2/c1-15-14-16(2)24(23-15)19-10-8-18(9-11-19)21(26)22-20(12-13-25)17-6-4-3-5-7-17/h3-11,14,20,25H,12-13H2,1-2H3,(H,22,26). The van der Waals surface area contributed by atoms with Gasteiger partial charge in [-0.25, -0.2) is 4.68 Å². The third-order valence-electron chi connectivity index (χ3n) is 4.31. The lowest BCUT2D eigenvalue weighted by atomic mass is 10.0. The molecule has 0 spiro atoms. The minimum absolute atomic E-state index is 0.0106. The van der Waals surface area contributed by atoms with Crippen molar-refractivity contribution in [3.05, 3.63) is 83.2 Å². The molecule has 3 rings (SSSR count). The van der Waals surface area contributed by atoms with Gasteiger partial charge in [0.15, 0.2) is 0 Å². The zero-order valence-corrected chi connectivity index (χ0v) is 15.0. The molecule has 5 nitrogen and oxygen atoms in total. The van der Waals surface area contributed by atoms with Gasteiger partial charge in [-0.05, 0) is 56.2 Å². The summed E-state index contributed by atoms with van der Waals surface area (Å²) in [5.74, 6) is -0.160. The van der Waals surface area contributed by atoms with Gasteiger partial charge in [0.2, 0.25) is 0 Å². The molecule has 0 aliphatic heterocycles. The number of benzene rings is 2. The lowest BCUT2D eigenvalue weighted by Crippen LogP contribution is -2.29. The molecule has 0 saturated heterocycles. The highest BCUT2D eigenvalue weighted by Gasteiger charge is 2.15. The van der Waals surface area contributed by atoms with Gasteiger partial charge in [-0.2, -0.15) is 5.10 Å². The number of hydrogen-bond acceptors (Lipinski definition) is 3. The van der Waals surface area contributed by atoms with E-state index in [1.165, 1.54) is 0 Å². The van der Waals surface area contributed by atoms with Gasteiger partial charge in [-0.1, -0.05) is 30.3 Å². The summed E-state index contributed by atoms with van der Waals surface area (Å²) in [4.78, 5) is 12.6. The van der Waals surface area contributed by atoms with Crippen LogP contribution in [0.4, 0.5) is 0 Å². The lowest BCUT2D eigenvalue weighted by Gasteiger charge is -2.18. The first kappa shape index (κ1) is 17.9. The van der Waals surface area contributed by atoms with Crippen molar-refractivity contribution in [2.75, 3.05) is 6.61 Å². The highest BCUT2D eigenvalue weighted by atomic mass is 16.3. The summed E-state index contributed by atoms with van der Waals surface area (Å²) >= 11 is 0. The first-order chi connectivity index (χ1) is 12.6. The van der Waals surface area contributed by atoms with E-state index in [2.05, 4.69) is 10.4 Å². The third kappa shape index (κ3) is 4.00. The second-order valence-electron chi connectivity index (χ2n) is 6.33. The monoisotopic (exact) mass is 349 g/mol. The Hall–Kier alpha value is -2.92. The Balaban J connectivity index is 1.76. The van der Waals surface area contributed by atoms with Gasteiger partial charge < -0.3 is 10.4 Å². The normalized spacial score (nSPS) is 12.0. The average molecular weight is 349 g/mol. The molecular formula is C21H23N3O2. The van der Waals surface area contributed by atoms with E-state index in [-0.39, 0.29) is 18.6 Å². The number of aliphatic hydroxyl groups excluding tert-OH is 1. The molecule has 2 N–H and O–H groups in total. The van der Waals surface area contributed by atoms with E-state index in [0.717, 1.165) is 22.6 Å². The molecule has 0 aliphatic rings. The molecular weight excluding hydrogens is 326 g/mol. The quantitative estimate of drug-likeness (QED) is 0.717. The lowest BCUT2D eigenvalue weighted by molar-refractivity contribution is 0.0930. The smallest absolute Gasteiger partial charge is 0.251 e. The predicted octanol–water partition coefficient (Wildman–Crippen LogP) is 3.34. The maximum atomic E-state index is 12.6. The van der Waals surface area contributed by atoms with E-state index in [9.17, 15) is 9.90 Å². The van der Waals surface area contributed by atoms with Gasteiger partial charge in [0.05, 0.1) is 17.4 Å². The van der Waals surface area contributed by atoms with Crippen LogP contribution in [0.5, 0.6) is 0 Å². The molecule has 0 aliphatic carbocycles. The van der Waals surface area contributed by atoms with Gasteiger partial charge in [0.25, 0.3) is 5.91 Å². The summed E-state index contributed by atoms with van der Waals surface area (Å²) in [6.45, 7) is 3.97. The summed E-state index contributed by atoms with van der Waals surface area (Å²) in [6.07, 6.45) is 0.472. The van der Waals surface area contributed by atoms with Crippen LogP contribution >= 0.6 is 0 Å². The van der Waals surface area contributed by atoms with E-state index in [0.29, 0.717) is 12.0 Å². The molecule has 5 heteroatoms. The molecule has 26 heavy (non-hydrogen) atoms. The molecule has 0 fully saturated rings. The first-order valence-electron chi connectivity index (χ1n) is 8.69. The molecule has 1 heterocycles. The van der Waals surface area contributed by atoms with Crippen molar-refractivity contribution < 1.29 is 9.90 Å². The molecule has 0 radical (unpaired) electrons. The van der Waals surface area contributed by atoms with Crippen LogP contribution in [-0.2, 0) is 0 Å². The molecule has 1 atom stereocenters. The molecule has 2 aromatic carbocycles. The molecule has 1 unspecified atom stereocenters. The van der Waals surface area contributed by atoms with Crippen LogP contribution in [0.2, 0.25) is 0 Å². The number of carbonyl (C=O) groups is 1. The topological polar surface area (TPSA) is 67.2 Å². The van der Waals surface area contributed by atoms with Crippen LogP contribution in [0.15, 0.2) is 60.7 Å². The Morgan fingerprint density at radius 2 is 1.81 bits per heavy atom. The SMILES string of the molecule is Cc1cc(C)n(-c2ccc(C(=O)NC(CCO)c3ccccc3)cc2)n1. The van der Waals surface area contributed by atoms with Crippen molar-refractivity contribution >= 4 is 5.91 Å². The van der Waals surface area contributed by atoms with Crippen LogP contribution < -0.4 is 5.32 Å². The zero-order chi connectivity index (χ0) is 18.5. The van der Waals surface area contributed by atoms with Crippen molar-refractivity contribution in [2.45, 2.75) is 26.3 Å². The Kier molecular flexibility index (Phi) is 5.49. The van der Waals surface area contributed by atoms with E-state index in [4.69, 9.17) is 0 Å². The highest BCUT2D eigenvalue weighted by molar-refractivity contribution is 5.94. The van der Waals surface area contributed by atoms with Crippen molar-refractivity contribution in [3.63, 3.8) is 0 Å². The number of amides is 1. The van der Waals surface area contributed by atoms with Crippen LogP contribution in [0.1, 0.15) is 39.8 Å². The second kappa shape index (κ2) is 7.97. The third-order valence-corrected chi connectivity index (χ3v) is 4.31. The molecule has 1 amide bonds. The fourth-order valence-corrected chi connectivity index (χ4v) is 3.02. The van der Waals surface area contributed by atoms with Crippen LogP contribution in [0.3, 0.4) is 0 Å². The van der Waals surface area contributed by atoms with Crippen molar-refractivity contribution in [1.29, 1.82) is 0 Å². The molecule has 0 saturated carbocycles. The Morgan fingerprint density at radius 1 is 1.12 bits per heavy atom. The zero-order valence-electron chi connectivity index (χ0n) is 15.0. The summed E-state index contributed by atoms with van der Waals surface area (Å²) < 4.78 is 1.86. The fourth-order valence-electron chi connectivity index (χ4n) is 3.02.